The van der Waals surface area contributed by atoms with Crippen molar-refractivity contribution < 1.29 is 15.0 Å². The highest BCUT2D eigenvalue weighted by Gasteiger charge is 2.22. The Kier molecular flexibility index (Phi) is 3.87. The molecule has 2 atom stereocenters. The van der Waals surface area contributed by atoms with Gasteiger partial charge in [0.15, 0.2) is 0 Å². The first-order valence-electron chi connectivity index (χ1n) is 6.27. The zero-order valence-electron chi connectivity index (χ0n) is 10.5. The summed E-state index contributed by atoms with van der Waals surface area (Å²) in [7, 11) is 0. The van der Waals surface area contributed by atoms with Crippen molar-refractivity contribution in [3.05, 3.63) is 34.9 Å². The summed E-state index contributed by atoms with van der Waals surface area (Å²) in [4.78, 5) is 10.9. The van der Waals surface area contributed by atoms with E-state index in [9.17, 15) is 9.90 Å². The second kappa shape index (κ2) is 5.42. The summed E-state index contributed by atoms with van der Waals surface area (Å²) in [6.45, 7) is 0. The quantitative estimate of drug-likeness (QED) is 0.642. The maximum absolute atomic E-state index is 10.9. The monoisotopic (exact) mass is 262 g/mol. The molecule has 102 valence electrons. The molecule has 1 aromatic rings. The molecule has 5 heteroatoms. The predicted molar refractivity (Wildman–Crippen MR) is 72.8 cm³/mol. The van der Waals surface area contributed by atoms with Crippen molar-refractivity contribution in [1.82, 2.24) is 0 Å². The first-order chi connectivity index (χ1) is 8.99. The lowest BCUT2D eigenvalue weighted by atomic mass is 9.85. The molecule has 1 fully saturated rings. The Hall–Kier alpha value is -1.85. The summed E-state index contributed by atoms with van der Waals surface area (Å²) in [6, 6.07) is 3.87. The van der Waals surface area contributed by atoms with Gasteiger partial charge in [0.1, 0.15) is 5.75 Å². The molecule has 0 amide bonds. The van der Waals surface area contributed by atoms with Gasteiger partial charge >= 0.3 is 5.97 Å². The third-order valence-electron chi connectivity index (χ3n) is 3.51. The van der Waals surface area contributed by atoms with Gasteiger partial charge in [-0.3, -0.25) is 0 Å². The largest absolute Gasteiger partial charge is 0.507 e. The Bertz CT molecular complexity index is 525. The summed E-state index contributed by atoms with van der Waals surface area (Å²) in [5, 5.41) is 18.7. The Morgan fingerprint density at radius 2 is 2.11 bits per heavy atom. The summed E-state index contributed by atoms with van der Waals surface area (Å²) in [5.74, 6) is -0.979. The van der Waals surface area contributed by atoms with E-state index in [0.29, 0.717) is 5.56 Å². The van der Waals surface area contributed by atoms with Crippen molar-refractivity contribution in [3.63, 3.8) is 0 Å². The molecule has 0 radical (unpaired) electrons. The fraction of sp³-hybridized carbons (Fsp3) is 0.357. The van der Waals surface area contributed by atoms with Crippen LogP contribution >= 0.6 is 0 Å². The van der Waals surface area contributed by atoms with Gasteiger partial charge in [-0.2, -0.15) is 0 Å². The van der Waals surface area contributed by atoms with E-state index < -0.39 is 5.97 Å². The molecule has 0 aromatic heterocycles. The average molecular weight is 262 g/mol. The van der Waals surface area contributed by atoms with Crippen molar-refractivity contribution >= 4 is 12.0 Å². The minimum absolute atomic E-state index is 0.0452. The van der Waals surface area contributed by atoms with Crippen LogP contribution in [0.5, 0.6) is 5.75 Å². The number of phenolic OH excluding ortho intramolecular Hbond substituents is 1. The van der Waals surface area contributed by atoms with Crippen LogP contribution in [0.2, 0.25) is 0 Å². The molecule has 2 unspecified atom stereocenters. The van der Waals surface area contributed by atoms with Gasteiger partial charge in [-0.05, 0) is 37.5 Å². The molecule has 2 rings (SSSR count). The number of carboxylic acids is 1. The number of benzene rings is 1. The zero-order chi connectivity index (χ0) is 14.0. The first-order valence-corrected chi connectivity index (χ1v) is 6.27. The molecule has 1 aromatic carbocycles. The van der Waals surface area contributed by atoms with Crippen molar-refractivity contribution in [2.75, 3.05) is 0 Å². The Morgan fingerprint density at radius 3 is 2.79 bits per heavy atom. The number of hydrogen-bond acceptors (Lipinski definition) is 4. The number of aromatic hydroxyl groups is 1. The second-order valence-corrected chi connectivity index (χ2v) is 4.88. The van der Waals surface area contributed by atoms with Crippen LogP contribution in [-0.4, -0.2) is 28.3 Å². The van der Waals surface area contributed by atoms with Gasteiger partial charge in [0.25, 0.3) is 0 Å². The molecule has 0 bridgehead atoms. The Labute approximate surface area is 111 Å². The van der Waals surface area contributed by atoms with E-state index in [2.05, 4.69) is 0 Å². The zero-order valence-corrected chi connectivity index (χ0v) is 10.5. The molecule has 0 aliphatic heterocycles. The van der Waals surface area contributed by atoms with E-state index in [4.69, 9.17) is 16.6 Å². The minimum Gasteiger partial charge on any atom is -0.507 e. The topological polar surface area (TPSA) is 110 Å². The molecule has 5 nitrogen and oxygen atoms in total. The number of nitrogens with two attached hydrogens (primary N) is 2. The Balaban J connectivity index is 2.36. The highest BCUT2D eigenvalue weighted by molar-refractivity contribution is 5.89. The Morgan fingerprint density at radius 1 is 1.37 bits per heavy atom. The average Bonchev–Trinajstić information content (AvgIpc) is 2.37. The van der Waals surface area contributed by atoms with Crippen LogP contribution in [0, 0.1) is 0 Å². The summed E-state index contributed by atoms with van der Waals surface area (Å²) < 4.78 is 0. The maximum Gasteiger partial charge on any atom is 0.335 e. The molecule has 0 heterocycles. The second-order valence-electron chi connectivity index (χ2n) is 4.88. The molecule has 0 saturated heterocycles. The number of rotatable bonds is 2. The van der Waals surface area contributed by atoms with Gasteiger partial charge in [-0.15, -0.1) is 0 Å². The van der Waals surface area contributed by atoms with Crippen molar-refractivity contribution in [2.45, 2.75) is 31.3 Å². The standard InChI is InChI=1S/C14H18N2O3/c15-11-3-1-2-8(13(11)16)6-10-7-9(14(18)19)4-5-12(10)17/h4-7,11,13,17H,1-3,15-16H2,(H,18,19). The van der Waals surface area contributed by atoms with Gasteiger partial charge < -0.3 is 21.7 Å². The van der Waals surface area contributed by atoms with Gasteiger partial charge in [-0.25, -0.2) is 4.79 Å². The lowest BCUT2D eigenvalue weighted by Gasteiger charge is -2.28. The van der Waals surface area contributed by atoms with Crippen molar-refractivity contribution in [1.29, 1.82) is 0 Å². The van der Waals surface area contributed by atoms with E-state index in [-0.39, 0.29) is 23.4 Å². The molecule has 19 heavy (non-hydrogen) atoms. The summed E-state index contributed by atoms with van der Waals surface area (Å²) in [6.07, 6.45) is 4.43. The molecular formula is C14H18N2O3. The van der Waals surface area contributed by atoms with E-state index in [1.807, 2.05) is 0 Å². The van der Waals surface area contributed by atoms with Crippen LogP contribution < -0.4 is 11.5 Å². The smallest absolute Gasteiger partial charge is 0.335 e. The minimum atomic E-state index is -1.02. The third-order valence-corrected chi connectivity index (χ3v) is 3.51. The van der Waals surface area contributed by atoms with Crippen LogP contribution in [0.4, 0.5) is 0 Å². The lowest BCUT2D eigenvalue weighted by molar-refractivity contribution is 0.0697. The lowest BCUT2D eigenvalue weighted by Crippen LogP contribution is -2.45. The first kappa shape index (κ1) is 13.6. The van der Waals surface area contributed by atoms with Crippen LogP contribution in [0.1, 0.15) is 35.2 Å². The van der Waals surface area contributed by atoms with Gasteiger partial charge in [0.2, 0.25) is 0 Å². The number of carbonyl (C=O) groups is 1. The molecular weight excluding hydrogens is 244 g/mol. The molecule has 1 aliphatic rings. The van der Waals surface area contributed by atoms with Gasteiger partial charge in [0, 0.05) is 17.6 Å². The van der Waals surface area contributed by atoms with E-state index in [1.165, 1.54) is 18.2 Å². The molecule has 0 spiro atoms. The summed E-state index contributed by atoms with van der Waals surface area (Å²) >= 11 is 0. The van der Waals surface area contributed by atoms with E-state index in [1.54, 1.807) is 6.08 Å². The van der Waals surface area contributed by atoms with Gasteiger partial charge in [-0.1, -0.05) is 11.6 Å². The van der Waals surface area contributed by atoms with Crippen LogP contribution in [0.15, 0.2) is 23.8 Å². The SMILES string of the molecule is NC1CCCC(=Cc2cc(C(=O)O)ccc2O)C1N. The van der Waals surface area contributed by atoms with E-state index >= 15 is 0 Å². The van der Waals surface area contributed by atoms with E-state index in [0.717, 1.165) is 24.8 Å². The van der Waals surface area contributed by atoms with Crippen LogP contribution in [-0.2, 0) is 0 Å². The number of phenols is 1. The van der Waals surface area contributed by atoms with Crippen molar-refractivity contribution in [2.24, 2.45) is 11.5 Å². The maximum atomic E-state index is 10.9. The number of carboxylic acid groups (broad SMARTS) is 1. The summed E-state index contributed by atoms with van der Waals surface area (Å²) in [5.41, 5.74) is 13.5. The number of aromatic carboxylic acids is 1. The highest BCUT2D eigenvalue weighted by atomic mass is 16.4. The fourth-order valence-corrected chi connectivity index (χ4v) is 2.33. The van der Waals surface area contributed by atoms with Gasteiger partial charge in [0.05, 0.1) is 5.56 Å². The fourth-order valence-electron chi connectivity index (χ4n) is 2.33. The molecule has 1 saturated carbocycles. The molecule has 1 aliphatic carbocycles. The van der Waals surface area contributed by atoms with Crippen LogP contribution in [0.25, 0.3) is 6.08 Å². The predicted octanol–water partition coefficient (Wildman–Crippen LogP) is 1.31. The van der Waals surface area contributed by atoms with Crippen LogP contribution in [0.3, 0.4) is 0 Å². The molecule has 6 N–H and O–H groups in total. The third kappa shape index (κ3) is 2.94. The normalized spacial score (nSPS) is 25.5. The highest BCUT2D eigenvalue weighted by Crippen LogP contribution is 2.27. The number of hydrogen-bond donors (Lipinski definition) is 4. The van der Waals surface area contributed by atoms with Crippen molar-refractivity contribution in [3.8, 4) is 5.75 Å².